The third kappa shape index (κ3) is 3.50. The van der Waals surface area contributed by atoms with Crippen LogP contribution in [0, 0.1) is 0 Å². The van der Waals surface area contributed by atoms with E-state index in [1.807, 2.05) is 11.8 Å². The Kier molecular flexibility index (Phi) is 4.75. The molecule has 0 amide bonds. The zero-order chi connectivity index (χ0) is 10.6. The monoisotopic (exact) mass is 206 g/mol. The van der Waals surface area contributed by atoms with Gasteiger partial charge in [0.05, 0.1) is 6.54 Å². The molecule has 2 nitrogen and oxygen atoms in total. The molecule has 1 fully saturated rings. The molecule has 2 N–H and O–H groups in total. The molecule has 0 aliphatic heterocycles. The van der Waals surface area contributed by atoms with Gasteiger partial charge in [-0.25, -0.2) is 8.78 Å². The van der Waals surface area contributed by atoms with Crippen LogP contribution < -0.4 is 5.73 Å². The normalized spacial score (nSPS) is 28.7. The summed E-state index contributed by atoms with van der Waals surface area (Å²) in [5.74, 6) is 0. The first kappa shape index (κ1) is 11.9. The van der Waals surface area contributed by atoms with Crippen molar-refractivity contribution in [2.75, 3.05) is 13.1 Å². The van der Waals surface area contributed by atoms with E-state index in [9.17, 15) is 8.78 Å². The maximum absolute atomic E-state index is 12.2. The van der Waals surface area contributed by atoms with Gasteiger partial charge >= 0.3 is 0 Å². The molecule has 84 valence electrons. The second-order valence-corrected chi connectivity index (χ2v) is 4.05. The Hall–Kier alpha value is -0.220. The molecule has 0 aromatic rings. The van der Waals surface area contributed by atoms with E-state index in [0.717, 1.165) is 25.7 Å². The van der Waals surface area contributed by atoms with E-state index in [-0.39, 0.29) is 12.6 Å². The van der Waals surface area contributed by atoms with Gasteiger partial charge in [0, 0.05) is 12.1 Å². The topological polar surface area (TPSA) is 29.3 Å². The fraction of sp³-hybridized carbons (Fsp3) is 1.00. The average Bonchev–Trinajstić information content (AvgIpc) is 2.15. The van der Waals surface area contributed by atoms with E-state index in [1.54, 1.807) is 0 Å². The molecule has 0 aromatic carbocycles. The van der Waals surface area contributed by atoms with Crippen LogP contribution in [0.5, 0.6) is 0 Å². The number of nitrogens with zero attached hydrogens (tertiary/aromatic N) is 1. The summed E-state index contributed by atoms with van der Waals surface area (Å²) < 4.78 is 24.5. The first-order valence-electron chi connectivity index (χ1n) is 5.41. The van der Waals surface area contributed by atoms with Gasteiger partial charge in [-0.05, 0) is 32.2 Å². The second-order valence-electron chi connectivity index (χ2n) is 4.05. The summed E-state index contributed by atoms with van der Waals surface area (Å²) in [4.78, 5) is 1.89. The molecule has 0 bridgehead atoms. The molecule has 14 heavy (non-hydrogen) atoms. The lowest BCUT2D eigenvalue weighted by Gasteiger charge is -2.35. The van der Waals surface area contributed by atoms with Gasteiger partial charge in [-0.3, -0.25) is 4.90 Å². The molecule has 1 saturated carbocycles. The summed E-state index contributed by atoms with van der Waals surface area (Å²) in [5.41, 5.74) is 5.77. The third-order valence-electron chi connectivity index (χ3n) is 3.04. The van der Waals surface area contributed by atoms with Crippen LogP contribution in [0.25, 0.3) is 0 Å². The minimum Gasteiger partial charge on any atom is -0.328 e. The van der Waals surface area contributed by atoms with Gasteiger partial charge in [-0.15, -0.1) is 0 Å². The standard InChI is InChI=1S/C10H20F2N2/c1-2-14(7-10(11)12)9-5-3-8(13)4-6-9/h8-10H,2-7,13H2,1H3. The maximum Gasteiger partial charge on any atom is 0.251 e. The lowest BCUT2D eigenvalue weighted by molar-refractivity contribution is 0.0562. The number of rotatable bonds is 4. The molecule has 0 heterocycles. The molecule has 0 aromatic heterocycles. The largest absolute Gasteiger partial charge is 0.328 e. The number of hydrogen-bond acceptors (Lipinski definition) is 2. The lowest BCUT2D eigenvalue weighted by Crippen LogP contribution is -2.42. The predicted octanol–water partition coefficient (Wildman–Crippen LogP) is 1.84. The van der Waals surface area contributed by atoms with Gasteiger partial charge in [0.1, 0.15) is 0 Å². The number of halogens is 2. The molecule has 0 spiro atoms. The molecule has 0 radical (unpaired) electrons. The fourth-order valence-electron chi connectivity index (χ4n) is 2.18. The molecule has 0 unspecified atom stereocenters. The van der Waals surface area contributed by atoms with Crippen molar-refractivity contribution in [3.8, 4) is 0 Å². The lowest BCUT2D eigenvalue weighted by atomic mass is 9.91. The second kappa shape index (κ2) is 5.61. The van der Waals surface area contributed by atoms with Crippen LogP contribution in [0.3, 0.4) is 0 Å². The van der Waals surface area contributed by atoms with Gasteiger partial charge in [-0.1, -0.05) is 6.92 Å². The van der Waals surface area contributed by atoms with Crippen molar-refractivity contribution in [1.29, 1.82) is 0 Å². The Morgan fingerprint density at radius 2 is 1.86 bits per heavy atom. The van der Waals surface area contributed by atoms with Crippen LogP contribution in [-0.2, 0) is 0 Å². The molecular formula is C10H20F2N2. The van der Waals surface area contributed by atoms with Gasteiger partial charge in [0.2, 0.25) is 0 Å². The number of alkyl halides is 2. The van der Waals surface area contributed by atoms with Gasteiger partial charge in [-0.2, -0.15) is 0 Å². The maximum atomic E-state index is 12.2. The predicted molar refractivity (Wildman–Crippen MR) is 53.5 cm³/mol. The average molecular weight is 206 g/mol. The van der Waals surface area contributed by atoms with Crippen LogP contribution in [-0.4, -0.2) is 36.5 Å². The first-order valence-corrected chi connectivity index (χ1v) is 5.41. The van der Waals surface area contributed by atoms with Crippen LogP contribution in [0.15, 0.2) is 0 Å². The van der Waals surface area contributed by atoms with E-state index >= 15 is 0 Å². The minimum atomic E-state index is -2.22. The van der Waals surface area contributed by atoms with Crippen molar-refractivity contribution >= 4 is 0 Å². The van der Waals surface area contributed by atoms with Crippen molar-refractivity contribution in [2.45, 2.75) is 51.1 Å². The van der Waals surface area contributed by atoms with E-state index in [4.69, 9.17) is 5.73 Å². The molecule has 1 aliphatic rings. The summed E-state index contributed by atoms with van der Waals surface area (Å²) in [5, 5.41) is 0. The highest BCUT2D eigenvalue weighted by atomic mass is 19.3. The molecule has 1 aliphatic carbocycles. The van der Waals surface area contributed by atoms with Gasteiger partial charge < -0.3 is 5.73 Å². The fourth-order valence-corrected chi connectivity index (χ4v) is 2.18. The Morgan fingerprint density at radius 3 is 2.29 bits per heavy atom. The van der Waals surface area contributed by atoms with Crippen molar-refractivity contribution in [2.24, 2.45) is 5.73 Å². The SMILES string of the molecule is CCN(CC(F)F)C1CCC(N)CC1. The van der Waals surface area contributed by atoms with Gasteiger partial charge in [0.15, 0.2) is 0 Å². The Bertz CT molecular complexity index is 156. The highest BCUT2D eigenvalue weighted by molar-refractivity contribution is 4.80. The van der Waals surface area contributed by atoms with Crippen molar-refractivity contribution < 1.29 is 8.78 Å². The Labute approximate surface area is 84.4 Å². The highest BCUT2D eigenvalue weighted by Gasteiger charge is 2.24. The van der Waals surface area contributed by atoms with Crippen molar-refractivity contribution in [3.63, 3.8) is 0 Å². The van der Waals surface area contributed by atoms with Crippen LogP contribution >= 0.6 is 0 Å². The summed E-state index contributed by atoms with van der Waals surface area (Å²) in [7, 11) is 0. The number of hydrogen-bond donors (Lipinski definition) is 1. The summed E-state index contributed by atoms with van der Waals surface area (Å²) in [6.07, 6.45) is 1.68. The molecule has 1 rings (SSSR count). The third-order valence-corrected chi connectivity index (χ3v) is 3.04. The Balaban J connectivity index is 2.36. The van der Waals surface area contributed by atoms with E-state index < -0.39 is 6.43 Å². The summed E-state index contributed by atoms with van der Waals surface area (Å²) in [6, 6.07) is 0.616. The highest BCUT2D eigenvalue weighted by Crippen LogP contribution is 2.22. The smallest absolute Gasteiger partial charge is 0.251 e. The van der Waals surface area contributed by atoms with Crippen LogP contribution in [0.1, 0.15) is 32.6 Å². The summed E-state index contributed by atoms with van der Waals surface area (Å²) >= 11 is 0. The van der Waals surface area contributed by atoms with Crippen LogP contribution in [0.2, 0.25) is 0 Å². The molecular weight excluding hydrogens is 186 g/mol. The minimum absolute atomic E-state index is 0.0869. The first-order chi connectivity index (χ1) is 6.63. The quantitative estimate of drug-likeness (QED) is 0.760. The van der Waals surface area contributed by atoms with Crippen molar-refractivity contribution in [1.82, 2.24) is 4.90 Å². The molecule has 0 atom stereocenters. The Morgan fingerprint density at radius 1 is 1.29 bits per heavy atom. The van der Waals surface area contributed by atoms with Crippen LogP contribution in [0.4, 0.5) is 8.78 Å². The van der Waals surface area contributed by atoms with Crippen molar-refractivity contribution in [3.05, 3.63) is 0 Å². The van der Waals surface area contributed by atoms with E-state index in [0.29, 0.717) is 12.6 Å². The number of nitrogens with two attached hydrogens (primary N) is 1. The van der Waals surface area contributed by atoms with E-state index in [2.05, 4.69) is 0 Å². The zero-order valence-electron chi connectivity index (χ0n) is 8.76. The molecule has 0 saturated heterocycles. The zero-order valence-corrected chi connectivity index (χ0v) is 8.76. The van der Waals surface area contributed by atoms with Gasteiger partial charge in [0.25, 0.3) is 6.43 Å². The summed E-state index contributed by atoms with van der Waals surface area (Å²) in [6.45, 7) is 2.57. The van der Waals surface area contributed by atoms with E-state index in [1.165, 1.54) is 0 Å². The molecule has 4 heteroatoms.